The number of benzene rings is 1. The number of anilines is 1. The van der Waals surface area contributed by atoms with E-state index < -0.39 is 6.09 Å². The van der Waals surface area contributed by atoms with Gasteiger partial charge >= 0.3 is 6.09 Å². The lowest BCUT2D eigenvalue weighted by molar-refractivity contribution is 0.0594. The molecule has 2 amide bonds. The van der Waals surface area contributed by atoms with Crippen LogP contribution in [0.3, 0.4) is 0 Å². The minimum Gasteiger partial charge on any atom is -0.465 e. The highest BCUT2D eigenvalue weighted by Gasteiger charge is 2.30. The van der Waals surface area contributed by atoms with Crippen LogP contribution in [-0.2, 0) is 13.0 Å². The van der Waals surface area contributed by atoms with Crippen LogP contribution in [-0.4, -0.2) is 86.6 Å². The summed E-state index contributed by atoms with van der Waals surface area (Å²) < 4.78 is 0. The highest BCUT2D eigenvalue weighted by molar-refractivity contribution is 5.93. The van der Waals surface area contributed by atoms with Gasteiger partial charge in [-0.15, -0.1) is 0 Å². The first-order chi connectivity index (χ1) is 16.6. The lowest BCUT2D eigenvalue weighted by atomic mass is 9.95. The predicted molar refractivity (Wildman–Crippen MR) is 128 cm³/mol. The topological polar surface area (TPSA) is 102 Å². The summed E-state index contributed by atoms with van der Waals surface area (Å²) >= 11 is 0. The van der Waals surface area contributed by atoms with Gasteiger partial charge in [0.2, 0.25) is 0 Å². The number of nitrogens with one attached hydrogen (secondary N) is 1. The summed E-state index contributed by atoms with van der Waals surface area (Å²) in [7, 11) is 0. The van der Waals surface area contributed by atoms with Crippen LogP contribution in [0.2, 0.25) is 0 Å². The molecule has 1 aromatic heterocycles. The second kappa shape index (κ2) is 9.97. The molecule has 0 bridgehead atoms. The Morgan fingerprint density at radius 2 is 1.62 bits per heavy atom. The summed E-state index contributed by atoms with van der Waals surface area (Å²) in [6.45, 7) is 4.57. The van der Waals surface area contributed by atoms with Crippen molar-refractivity contribution in [2.75, 3.05) is 38.0 Å². The summed E-state index contributed by atoms with van der Waals surface area (Å²) in [4.78, 5) is 38.6. The van der Waals surface area contributed by atoms with Gasteiger partial charge in [-0.2, -0.15) is 0 Å². The highest BCUT2D eigenvalue weighted by atomic mass is 16.4. The zero-order chi connectivity index (χ0) is 23.5. The molecule has 3 aliphatic rings. The van der Waals surface area contributed by atoms with E-state index >= 15 is 0 Å². The normalized spacial score (nSPS) is 20.1. The van der Waals surface area contributed by atoms with Crippen molar-refractivity contribution in [3.05, 3.63) is 53.5 Å². The van der Waals surface area contributed by atoms with Crippen LogP contribution in [0.5, 0.6) is 0 Å². The molecular weight excluding hydrogens is 432 g/mol. The third-order valence-corrected chi connectivity index (χ3v) is 7.43. The van der Waals surface area contributed by atoms with Gasteiger partial charge in [0.25, 0.3) is 5.91 Å². The Hall–Kier alpha value is -3.20. The molecule has 1 aromatic carbocycles. The summed E-state index contributed by atoms with van der Waals surface area (Å²) in [5, 5.41) is 12.5. The minimum absolute atomic E-state index is 0.0476. The Labute approximate surface area is 199 Å². The lowest BCUT2D eigenvalue weighted by Gasteiger charge is -2.40. The average Bonchev–Trinajstić information content (AvgIpc) is 2.88. The zero-order valence-corrected chi connectivity index (χ0v) is 19.4. The fourth-order valence-corrected chi connectivity index (χ4v) is 5.40. The maximum atomic E-state index is 13.1. The van der Waals surface area contributed by atoms with Gasteiger partial charge in [-0.3, -0.25) is 9.69 Å². The third kappa shape index (κ3) is 4.99. The van der Waals surface area contributed by atoms with Crippen molar-refractivity contribution in [2.45, 2.75) is 50.7 Å². The number of carbonyl (C=O) groups excluding carboxylic acids is 1. The summed E-state index contributed by atoms with van der Waals surface area (Å²) in [6.07, 6.45) is 5.05. The van der Waals surface area contributed by atoms with Gasteiger partial charge in [0.05, 0.1) is 0 Å². The second-order valence-corrected chi connectivity index (χ2v) is 9.49. The van der Waals surface area contributed by atoms with Crippen LogP contribution in [0.1, 0.15) is 47.3 Å². The zero-order valence-electron chi connectivity index (χ0n) is 19.4. The lowest BCUT2D eigenvalue weighted by Crippen LogP contribution is -2.48. The molecule has 0 radical (unpaired) electrons. The first-order valence-corrected chi connectivity index (χ1v) is 12.2. The third-order valence-electron chi connectivity index (χ3n) is 7.43. The minimum atomic E-state index is -0.873. The summed E-state index contributed by atoms with van der Waals surface area (Å²) in [6, 6.07) is 11.1. The van der Waals surface area contributed by atoms with Gasteiger partial charge in [0, 0.05) is 57.4 Å². The number of nitrogens with zero attached hydrogens (tertiary/aromatic N) is 5. The number of fused-ring (bicyclic) bond motifs is 1. The van der Waals surface area contributed by atoms with E-state index in [9.17, 15) is 9.59 Å². The van der Waals surface area contributed by atoms with Crippen molar-refractivity contribution >= 4 is 17.8 Å². The largest absolute Gasteiger partial charge is 0.465 e. The van der Waals surface area contributed by atoms with Gasteiger partial charge in [0.15, 0.2) is 0 Å². The molecule has 0 unspecified atom stereocenters. The van der Waals surface area contributed by atoms with Gasteiger partial charge in [0.1, 0.15) is 17.8 Å². The van der Waals surface area contributed by atoms with E-state index in [1.165, 1.54) is 22.4 Å². The molecule has 9 nitrogen and oxygen atoms in total. The van der Waals surface area contributed by atoms with Crippen LogP contribution in [0, 0.1) is 0 Å². The van der Waals surface area contributed by atoms with E-state index in [2.05, 4.69) is 44.5 Å². The number of carboxylic acid groups (broad SMARTS) is 1. The molecule has 0 spiro atoms. The summed E-state index contributed by atoms with van der Waals surface area (Å²) in [5.41, 5.74) is 3.31. The van der Waals surface area contributed by atoms with Crippen molar-refractivity contribution in [1.82, 2.24) is 24.7 Å². The Kier molecular flexibility index (Phi) is 6.62. The Bertz CT molecular complexity index is 1030. The van der Waals surface area contributed by atoms with E-state index in [4.69, 9.17) is 5.11 Å². The number of carbonyl (C=O) groups is 2. The number of likely N-dealkylation sites (tertiary alicyclic amines) is 2. The molecule has 5 rings (SSSR count). The molecule has 180 valence electrons. The molecule has 9 heteroatoms. The molecule has 0 saturated carbocycles. The number of amides is 2. The molecule has 3 aliphatic heterocycles. The SMILES string of the molecule is O=C(O)N1CCC(Nc2cc(C(=O)N3CCC(N4CCc5ccccc5C4)CC3)ncn2)CC1. The van der Waals surface area contributed by atoms with E-state index in [-0.39, 0.29) is 11.9 Å². The predicted octanol–water partition coefficient (Wildman–Crippen LogP) is 2.69. The average molecular weight is 465 g/mol. The molecule has 4 heterocycles. The van der Waals surface area contributed by atoms with Gasteiger partial charge in [-0.1, -0.05) is 24.3 Å². The molecule has 0 atom stereocenters. The Balaban J connectivity index is 1.14. The van der Waals surface area contributed by atoms with E-state index in [1.54, 1.807) is 6.07 Å². The molecule has 34 heavy (non-hydrogen) atoms. The number of hydrogen-bond acceptors (Lipinski definition) is 6. The smallest absolute Gasteiger partial charge is 0.407 e. The molecule has 2 aromatic rings. The number of rotatable bonds is 4. The van der Waals surface area contributed by atoms with Crippen molar-refractivity contribution in [3.63, 3.8) is 0 Å². The standard InChI is InChI=1S/C25H32N6O3/c32-24(22-15-23(27-17-26-22)28-20-6-11-30(12-7-20)25(33)34)29-13-8-21(9-14-29)31-10-5-18-3-1-2-4-19(18)16-31/h1-4,15,17,20-21H,5-14,16H2,(H,33,34)(H,26,27,28). The number of aromatic nitrogens is 2. The van der Waals surface area contributed by atoms with E-state index in [0.717, 1.165) is 45.4 Å². The van der Waals surface area contributed by atoms with Crippen LogP contribution in [0.15, 0.2) is 36.7 Å². The highest BCUT2D eigenvalue weighted by Crippen LogP contribution is 2.25. The van der Waals surface area contributed by atoms with Crippen LogP contribution >= 0.6 is 0 Å². The van der Waals surface area contributed by atoms with Crippen LogP contribution in [0.4, 0.5) is 10.6 Å². The maximum absolute atomic E-state index is 13.1. The Morgan fingerprint density at radius 1 is 0.912 bits per heavy atom. The van der Waals surface area contributed by atoms with Gasteiger partial charge < -0.3 is 20.2 Å². The van der Waals surface area contributed by atoms with Crippen LogP contribution < -0.4 is 5.32 Å². The monoisotopic (exact) mass is 464 g/mol. The van der Waals surface area contributed by atoms with Crippen molar-refractivity contribution in [1.29, 1.82) is 0 Å². The van der Waals surface area contributed by atoms with E-state index in [0.29, 0.717) is 43.5 Å². The van der Waals surface area contributed by atoms with Crippen molar-refractivity contribution < 1.29 is 14.7 Å². The number of piperidine rings is 2. The number of hydrogen-bond donors (Lipinski definition) is 2. The first kappa shape index (κ1) is 22.6. The second-order valence-electron chi connectivity index (χ2n) is 9.49. The van der Waals surface area contributed by atoms with Crippen molar-refractivity contribution in [2.24, 2.45) is 0 Å². The maximum Gasteiger partial charge on any atom is 0.407 e. The summed E-state index contributed by atoms with van der Waals surface area (Å²) in [5.74, 6) is 0.572. The Morgan fingerprint density at radius 3 is 2.35 bits per heavy atom. The molecular formula is C25H32N6O3. The molecule has 0 aliphatic carbocycles. The fraction of sp³-hybridized carbons (Fsp3) is 0.520. The van der Waals surface area contributed by atoms with Gasteiger partial charge in [-0.05, 0) is 43.2 Å². The molecule has 2 N–H and O–H groups in total. The van der Waals surface area contributed by atoms with Crippen molar-refractivity contribution in [3.8, 4) is 0 Å². The fourth-order valence-electron chi connectivity index (χ4n) is 5.40. The molecule has 2 fully saturated rings. The van der Waals surface area contributed by atoms with E-state index in [1.807, 2.05) is 4.90 Å². The first-order valence-electron chi connectivity index (χ1n) is 12.2. The van der Waals surface area contributed by atoms with Gasteiger partial charge in [-0.25, -0.2) is 14.8 Å². The molecule has 2 saturated heterocycles. The quantitative estimate of drug-likeness (QED) is 0.717. The van der Waals surface area contributed by atoms with Crippen LogP contribution in [0.25, 0.3) is 0 Å².